The Morgan fingerprint density at radius 2 is 1.29 bits per heavy atom. The van der Waals surface area contributed by atoms with E-state index in [0.717, 1.165) is 31.3 Å². The van der Waals surface area contributed by atoms with Crippen molar-refractivity contribution in [2.75, 3.05) is 19.8 Å². The third-order valence-electron chi connectivity index (χ3n) is 6.69. The lowest BCUT2D eigenvalue weighted by atomic mass is 9.72. The van der Waals surface area contributed by atoms with Crippen molar-refractivity contribution < 1.29 is 19.0 Å². The Balaban J connectivity index is 1.46. The molecule has 4 nitrogen and oxygen atoms in total. The van der Waals surface area contributed by atoms with Crippen molar-refractivity contribution in [1.29, 1.82) is 0 Å². The first-order valence-electron chi connectivity index (χ1n) is 12.1. The summed E-state index contributed by atoms with van der Waals surface area (Å²) in [6, 6.07) is 0. The summed E-state index contributed by atoms with van der Waals surface area (Å²) in [7, 11) is 0. The van der Waals surface area contributed by atoms with Gasteiger partial charge in [-0.25, -0.2) is 0 Å². The van der Waals surface area contributed by atoms with Gasteiger partial charge in [0.1, 0.15) is 6.61 Å². The van der Waals surface area contributed by atoms with E-state index in [1.807, 2.05) is 0 Å². The molecule has 0 heterocycles. The van der Waals surface area contributed by atoms with Crippen LogP contribution >= 0.6 is 0 Å². The second-order valence-electron chi connectivity index (χ2n) is 8.78. The van der Waals surface area contributed by atoms with Crippen molar-refractivity contribution in [2.24, 2.45) is 11.8 Å². The Morgan fingerprint density at radius 3 is 1.86 bits per heavy atom. The summed E-state index contributed by atoms with van der Waals surface area (Å²) in [6.07, 6.45) is 17.4. The lowest BCUT2D eigenvalue weighted by Gasteiger charge is -2.37. The van der Waals surface area contributed by atoms with Gasteiger partial charge < -0.3 is 14.2 Å². The van der Waals surface area contributed by atoms with Crippen LogP contribution in [0.4, 0.5) is 0 Å². The molecule has 0 bridgehead atoms. The van der Waals surface area contributed by atoms with E-state index in [2.05, 4.69) is 13.8 Å². The second kappa shape index (κ2) is 14.4. The minimum Gasteiger partial charge on any atom is -0.463 e. The van der Waals surface area contributed by atoms with Crippen molar-refractivity contribution in [3.63, 3.8) is 0 Å². The number of hydrogen-bond acceptors (Lipinski definition) is 4. The number of esters is 1. The maximum absolute atomic E-state index is 11.7. The average Bonchev–Trinajstić information content (AvgIpc) is 2.72. The van der Waals surface area contributed by atoms with Crippen LogP contribution in [-0.2, 0) is 19.0 Å². The normalized spacial score (nSPS) is 28.2. The molecule has 2 saturated carbocycles. The lowest BCUT2D eigenvalue weighted by Crippen LogP contribution is -2.30. The zero-order chi connectivity index (χ0) is 20.0. The van der Waals surface area contributed by atoms with E-state index >= 15 is 0 Å². The van der Waals surface area contributed by atoms with Crippen molar-refractivity contribution >= 4 is 5.97 Å². The Labute approximate surface area is 173 Å². The van der Waals surface area contributed by atoms with Crippen LogP contribution in [0.2, 0.25) is 0 Å². The number of hydrogen-bond donors (Lipinski definition) is 0. The first kappa shape index (κ1) is 23.7. The maximum atomic E-state index is 11.7. The molecule has 0 aromatic carbocycles. The third kappa shape index (κ3) is 9.26. The second-order valence-corrected chi connectivity index (χ2v) is 8.78. The van der Waals surface area contributed by atoms with Crippen molar-refractivity contribution in [3.8, 4) is 0 Å². The molecule has 0 amide bonds. The number of carbonyl (C=O) groups is 1. The molecule has 0 aromatic heterocycles. The van der Waals surface area contributed by atoms with E-state index in [-0.39, 0.29) is 5.97 Å². The number of ether oxygens (including phenoxy) is 3. The van der Waals surface area contributed by atoms with Crippen LogP contribution in [0.3, 0.4) is 0 Å². The van der Waals surface area contributed by atoms with Gasteiger partial charge in [-0.2, -0.15) is 0 Å². The van der Waals surface area contributed by atoms with Crippen LogP contribution in [0, 0.1) is 11.8 Å². The summed E-state index contributed by atoms with van der Waals surface area (Å²) < 4.78 is 17.1. The van der Waals surface area contributed by atoms with Gasteiger partial charge >= 0.3 is 5.97 Å². The SMILES string of the molecule is CCCCCCCC(=O)OCCOC1CCC(C2CCC(OCC)CC2)CC1. The van der Waals surface area contributed by atoms with Crippen LogP contribution in [0.5, 0.6) is 0 Å². The van der Waals surface area contributed by atoms with Gasteiger partial charge in [0.25, 0.3) is 0 Å². The summed E-state index contributed by atoms with van der Waals surface area (Å²) in [5, 5.41) is 0. The molecule has 0 aromatic rings. The summed E-state index contributed by atoms with van der Waals surface area (Å²) in [5.74, 6) is 1.72. The van der Waals surface area contributed by atoms with Crippen LogP contribution in [0.15, 0.2) is 0 Å². The van der Waals surface area contributed by atoms with Gasteiger partial charge in [-0.15, -0.1) is 0 Å². The summed E-state index contributed by atoms with van der Waals surface area (Å²) >= 11 is 0. The average molecular weight is 397 g/mol. The van der Waals surface area contributed by atoms with Crippen molar-refractivity contribution in [3.05, 3.63) is 0 Å². The minimum absolute atomic E-state index is 0.0635. The number of rotatable bonds is 13. The Morgan fingerprint density at radius 1 is 0.714 bits per heavy atom. The summed E-state index contributed by atoms with van der Waals surface area (Å²) in [4.78, 5) is 11.7. The monoisotopic (exact) mass is 396 g/mol. The van der Waals surface area contributed by atoms with Gasteiger partial charge in [-0.05, 0) is 76.5 Å². The topological polar surface area (TPSA) is 44.8 Å². The van der Waals surface area contributed by atoms with Gasteiger partial charge in [0.15, 0.2) is 0 Å². The Bertz CT molecular complexity index is 395. The van der Waals surface area contributed by atoms with Crippen LogP contribution in [0.25, 0.3) is 0 Å². The minimum atomic E-state index is -0.0635. The molecule has 2 aliphatic carbocycles. The third-order valence-corrected chi connectivity index (χ3v) is 6.69. The Hall–Kier alpha value is -0.610. The zero-order valence-corrected chi connectivity index (χ0v) is 18.5. The van der Waals surface area contributed by atoms with E-state index in [0.29, 0.717) is 31.8 Å². The zero-order valence-electron chi connectivity index (χ0n) is 18.5. The van der Waals surface area contributed by atoms with E-state index in [1.165, 1.54) is 70.6 Å². The molecule has 28 heavy (non-hydrogen) atoms. The smallest absolute Gasteiger partial charge is 0.305 e. The quantitative estimate of drug-likeness (QED) is 0.280. The van der Waals surface area contributed by atoms with Crippen molar-refractivity contribution in [2.45, 2.75) is 116 Å². The molecule has 0 N–H and O–H groups in total. The van der Waals surface area contributed by atoms with Gasteiger partial charge in [-0.1, -0.05) is 32.6 Å². The van der Waals surface area contributed by atoms with E-state index in [1.54, 1.807) is 0 Å². The maximum Gasteiger partial charge on any atom is 0.305 e. The first-order chi connectivity index (χ1) is 13.7. The molecule has 0 radical (unpaired) electrons. The van der Waals surface area contributed by atoms with Gasteiger partial charge in [0.05, 0.1) is 18.8 Å². The lowest BCUT2D eigenvalue weighted by molar-refractivity contribution is -0.146. The van der Waals surface area contributed by atoms with Crippen LogP contribution in [-0.4, -0.2) is 38.0 Å². The first-order valence-corrected chi connectivity index (χ1v) is 12.1. The molecule has 0 unspecified atom stereocenters. The van der Waals surface area contributed by atoms with Crippen LogP contribution < -0.4 is 0 Å². The number of carbonyl (C=O) groups excluding carboxylic acids is 1. The molecule has 2 rings (SSSR count). The predicted molar refractivity (Wildman–Crippen MR) is 113 cm³/mol. The molecule has 164 valence electrons. The molecular weight excluding hydrogens is 352 g/mol. The highest BCUT2D eigenvalue weighted by Gasteiger charge is 2.31. The standard InChI is InChI=1S/C24H44O4/c1-3-5-6-7-8-9-24(25)28-19-18-27-23-16-12-21(13-17-23)20-10-14-22(15-11-20)26-4-2/h20-23H,3-19H2,1-2H3. The highest BCUT2D eigenvalue weighted by Crippen LogP contribution is 2.39. The molecule has 0 aliphatic heterocycles. The van der Waals surface area contributed by atoms with Gasteiger partial charge in [0, 0.05) is 13.0 Å². The summed E-state index contributed by atoms with van der Waals surface area (Å²) in [6.45, 7) is 6.12. The molecule has 2 fully saturated rings. The largest absolute Gasteiger partial charge is 0.463 e. The fourth-order valence-corrected chi connectivity index (χ4v) is 5.00. The van der Waals surface area contributed by atoms with E-state index < -0.39 is 0 Å². The highest BCUT2D eigenvalue weighted by molar-refractivity contribution is 5.69. The molecule has 0 spiro atoms. The molecule has 4 heteroatoms. The highest BCUT2D eigenvalue weighted by atomic mass is 16.6. The summed E-state index contributed by atoms with van der Waals surface area (Å²) in [5.41, 5.74) is 0. The van der Waals surface area contributed by atoms with Crippen LogP contribution in [0.1, 0.15) is 104 Å². The van der Waals surface area contributed by atoms with Crippen molar-refractivity contribution in [1.82, 2.24) is 0 Å². The number of unbranched alkanes of at least 4 members (excludes halogenated alkanes) is 4. The molecule has 0 atom stereocenters. The molecule has 2 aliphatic rings. The molecule has 0 saturated heterocycles. The fraction of sp³-hybridized carbons (Fsp3) is 0.958. The van der Waals surface area contributed by atoms with E-state index in [9.17, 15) is 4.79 Å². The predicted octanol–water partition coefficient (Wildman–Crippen LogP) is 6.06. The van der Waals surface area contributed by atoms with Gasteiger partial charge in [0.2, 0.25) is 0 Å². The molecular formula is C24H44O4. The van der Waals surface area contributed by atoms with Gasteiger partial charge in [-0.3, -0.25) is 4.79 Å². The Kier molecular flexibility index (Phi) is 12.2. The van der Waals surface area contributed by atoms with E-state index in [4.69, 9.17) is 14.2 Å². The fourth-order valence-electron chi connectivity index (χ4n) is 5.00.